The van der Waals surface area contributed by atoms with Gasteiger partial charge in [-0.25, -0.2) is 4.79 Å². The number of hydrogen-bond donors (Lipinski definition) is 1. The molecule has 1 aliphatic rings. The monoisotopic (exact) mass is 391 g/mol. The standard InChI is InChI=1S/C19H21NO6S/c1-24-8-9-25-13-10-20(11-13)18(21)15-4-2-3-5-17(15)27-12-16-14(19(22)23)6-7-26-16/h2-7,13H,8-12H2,1H3,(H,22,23). The highest BCUT2D eigenvalue weighted by Crippen LogP contribution is 2.29. The summed E-state index contributed by atoms with van der Waals surface area (Å²) in [6, 6.07) is 8.74. The average Bonchev–Trinajstić information content (AvgIpc) is 3.10. The topological polar surface area (TPSA) is 89.2 Å². The van der Waals surface area contributed by atoms with Crippen LogP contribution in [-0.4, -0.2) is 61.4 Å². The van der Waals surface area contributed by atoms with Crippen molar-refractivity contribution >= 4 is 23.6 Å². The number of thioether (sulfide) groups is 1. The van der Waals surface area contributed by atoms with Crippen molar-refractivity contribution < 1.29 is 28.6 Å². The van der Waals surface area contributed by atoms with E-state index in [4.69, 9.17) is 19.0 Å². The van der Waals surface area contributed by atoms with Gasteiger partial charge in [0.2, 0.25) is 0 Å². The van der Waals surface area contributed by atoms with Gasteiger partial charge in [0.1, 0.15) is 11.3 Å². The highest BCUT2D eigenvalue weighted by molar-refractivity contribution is 7.98. The van der Waals surface area contributed by atoms with E-state index < -0.39 is 5.97 Å². The number of nitrogens with zero attached hydrogens (tertiary/aromatic N) is 1. The Morgan fingerprint density at radius 2 is 2.00 bits per heavy atom. The molecular formula is C19H21NO6S. The van der Waals surface area contributed by atoms with Crippen LogP contribution in [0.1, 0.15) is 26.5 Å². The van der Waals surface area contributed by atoms with Crippen LogP contribution in [0.2, 0.25) is 0 Å². The van der Waals surface area contributed by atoms with Crippen LogP contribution in [0.15, 0.2) is 45.9 Å². The smallest absolute Gasteiger partial charge is 0.339 e. The second-order valence-electron chi connectivity index (χ2n) is 6.04. The van der Waals surface area contributed by atoms with Gasteiger partial charge in [0, 0.05) is 25.1 Å². The Hall–Kier alpha value is -2.29. The number of carbonyl (C=O) groups excluding carboxylic acids is 1. The number of carboxylic acids is 1. The zero-order valence-corrected chi connectivity index (χ0v) is 15.7. The number of aromatic carboxylic acids is 1. The summed E-state index contributed by atoms with van der Waals surface area (Å²) in [6.07, 6.45) is 1.41. The van der Waals surface area contributed by atoms with Crippen LogP contribution in [0, 0.1) is 0 Å². The largest absolute Gasteiger partial charge is 0.478 e. The number of rotatable bonds is 9. The fraction of sp³-hybridized carbons (Fsp3) is 0.368. The third kappa shape index (κ3) is 4.71. The lowest BCUT2D eigenvalue weighted by atomic mass is 10.1. The maximum Gasteiger partial charge on any atom is 0.339 e. The molecule has 0 bridgehead atoms. The van der Waals surface area contributed by atoms with E-state index in [-0.39, 0.29) is 17.6 Å². The van der Waals surface area contributed by atoms with Crippen molar-refractivity contribution in [3.8, 4) is 0 Å². The summed E-state index contributed by atoms with van der Waals surface area (Å²) in [6.45, 7) is 2.17. The van der Waals surface area contributed by atoms with Crippen LogP contribution in [0.4, 0.5) is 0 Å². The summed E-state index contributed by atoms with van der Waals surface area (Å²) in [5, 5.41) is 9.16. The summed E-state index contributed by atoms with van der Waals surface area (Å²) < 4.78 is 15.8. The van der Waals surface area contributed by atoms with Gasteiger partial charge in [-0.15, -0.1) is 11.8 Å². The van der Waals surface area contributed by atoms with Crippen LogP contribution in [-0.2, 0) is 15.2 Å². The van der Waals surface area contributed by atoms with E-state index >= 15 is 0 Å². The van der Waals surface area contributed by atoms with Gasteiger partial charge < -0.3 is 23.9 Å². The van der Waals surface area contributed by atoms with Crippen molar-refractivity contribution in [2.75, 3.05) is 33.4 Å². The lowest BCUT2D eigenvalue weighted by Gasteiger charge is -2.39. The number of carbonyl (C=O) groups is 2. The summed E-state index contributed by atoms with van der Waals surface area (Å²) in [4.78, 5) is 26.5. The molecule has 1 saturated heterocycles. The molecule has 2 heterocycles. The molecule has 1 fully saturated rings. The van der Waals surface area contributed by atoms with E-state index in [9.17, 15) is 9.59 Å². The lowest BCUT2D eigenvalue weighted by Crippen LogP contribution is -2.55. The zero-order valence-electron chi connectivity index (χ0n) is 14.9. The number of benzene rings is 1. The van der Waals surface area contributed by atoms with Gasteiger partial charge in [0.15, 0.2) is 0 Å². The number of hydrogen-bond acceptors (Lipinski definition) is 6. The second kappa shape index (κ2) is 9.07. The minimum atomic E-state index is -1.02. The summed E-state index contributed by atoms with van der Waals surface area (Å²) in [7, 11) is 1.62. The molecule has 8 heteroatoms. The molecule has 0 unspecified atom stereocenters. The van der Waals surface area contributed by atoms with Crippen molar-refractivity contribution in [2.24, 2.45) is 0 Å². The van der Waals surface area contributed by atoms with Crippen molar-refractivity contribution in [2.45, 2.75) is 16.8 Å². The predicted molar refractivity (Wildman–Crippen MR) is 99.2 cm³/mol. The van der Waals surface area contributed by atoms with Gasteiger partial charge in [-0.1, -0.05) is 12.1 Å². The molecule has 0 saturated carbocycles. The van der Waals surface area contributed by atoms with Crippen molar-refractivity contribution in [3.05, 3.63) is 53.5 Å². The average molecular weight is 391 g/mol. The van der Waals surface area contributed by atoms with Crippen LogP contribution < -0.4 is 0 Å². The first-order valence-electron chi connectivity index (χ1n) is 8.51. The molecule has 0 atom stereocenters. The predicted octanol–water partition coefficient (Wildman–Crippen LogP) is 2.76. The normalized spacial score (nSPS) is 14.2. The summed E-state index contributed by atoms with van der Waals surface area (Å²) >= 11 is 1.38. The van der Waals surface area contributed by atoms with E-state index in [1.807, 2.05) is 18.2 Å². The third-order valence-electron chi connectivity index (χ3n) is 4.23. The molecular weight excluding hydrogens is 370 g/mol. The van der Waals surface area contributed by atoms with Crippen molar-refractivity contribution in [1.29, 1.82) is 0 Å². The molecule has 1 amide bonds. The molecule has 1 aliphatic heterocycles. The first-order chi connectivity index (χ1) is 13.1. The molecule has 0 radical (unpaired) electrons. The molecule has 27 heavy (non-hydrogen) atoms. The fourth-order valence-corrected chi connectivity index (χ4v) is 3.73. The van der Waals surface area contributed by atoms with Crippen LogP contribution in [0.25, 0.3) is 0 Å². The highest BCUT2D eigenvalue weighted by Gasteiger charge is 2.32. The maximum absolute atomic E-state index is 12.8. The minimum Gasteiger partial charge on any atom is -0.478 e. The lowest BCUT2D eigenvalue weighted by molar-refractivity contribution is -0.0555. The number of furan rings is 1. The molecule has 3 rings (SSSR count). The quantitative estimate of drug-likeness (QED) is 0.519. The van der Waals surface area contributed by atoms with Crippen molar-refractivity contribution in [3.63, 3.8) is 0 Å². The molecule has 1 N–H and O–H groups in total. The van der Waals surface area contributed by atoms with Gasteiger partial charge in [-0.3, -0.25) is 4.79 Å². The van der Waals surface area contributed by atoms with Gasteiger partial charge in [-0.2, -0.15) is 0 Å². The molecule has 2 aromatic rings. The first kappa shape index (κ1) is 19.5. The second-order valence-corrected chi connectivity index (χ2v) is 7.06. The van der Waals surface area contributed by atoms with E-state index in [1.54, 1.807) is 18.1 Å². The van der Waals surface area contributed by atoms with E-state index in [0.29, 0.717) is 43.4 Å². The van der Waals surface area contributed by atoms with Crippen LogP contribution in [0.3, 0.4) is 0 Å². The van der Waals surface area contributed by atoms with Crippen molar-refractivity contribution in [1.82, 2.24) is 4.90 Å². The van der Waals surface area contributed by atoms with E-state index in [2.05, 4.69) is 0 Å². The Morgan fingerprint density at radius 3 is 2.74 bits per heavy atom. The number of likely N-dealkylation sites (tertiary alicyclic amines) is 1. The van der Waals surface area contributed by atoms with Crippen LogP contribution >= 0.6 is 11.8 Å². The number of methoxy groups -OCH3 is 1. The van der Waals surface area contributed by atoms with E-state index in [0.717, 1.165) is 4.90 Å². The van der Waals surface area contributed by atoms with Gasteiger partial charge in [0.05, 0.1) is 36.9 Å². The Labute approximate surface area is 161 Å². The van der Waals surface area contributed by atoms with E-state index in [1.165, 1.54) is 24.1 Å². The molecule has 0 spiro atoms. The Kier molecular flexibility index (Phi) is 6.54. The fourth-order valence-electron chi connectivity index (χ4n) is 2.73. The van der Waals surface area contributed by atoms with Crippen LogP contribution in [0.5, 0.6) is 0 Å². The molecule has 0 aliphatic carbocycles. The number of ether oxygens (including phenoxy) is 2. The zero-order chi connectivity index (χ0) is 19.2. The highest BCUT2D eigenvalue weighted by atomic mass is 32.2. The summed E-state index contributed by atoms with van der Waals surface area (Å²) in [5.41, 5.74) is 0.742. The van der Waals surface area contributed by atoms with Gasteiger partial charge in [-0.05, 0) is 18.2 Å². The number of amides is 1. The number of carboxylic acid groups (broad SMARTS) is 1. The third-order valence-corrected chi connectivity index (χ3v) is 5.30. The van der Waals surface area contributed by atoms with Gasteiger partial charge >= 0.3 is 5.97 Å². The first-order valence-corrected chi connectivity index (χ1v) is 9.50. The molecule has 1 aromatic heterocycles. The summed E-state index contributed by atoms with van der Waals surface area (Å²) in [5.74, 6) is -0.362. The maximum atomic E-state index is 12.8. The van der Waals surface area contributed by atoms with Gasteiger partial charge in [0.25, 0.3) is 5.91 Å². The molecule has 7 nitrogen and oxygen atoms in total. The Balaban J connectivity index is 1.60. The minimum absolute atomic E-state index is 0.0464. The Bertz CT molecular complexity index is 799. The molecule has 144 valence electrons. The SMILES string of the molecule is COCCOC1CN(C(=O)c2ccccc2SCc2occc2C(=O)O)C1. The molecule has 1 aromatic carbocycles. The Morgan fingerprint density at radius 1 is 1.22 bits per heavy atom.